The number of aryl methyl sites for hydroxylation is 1. The van der Waals surface area contributed by atoms with Gasteiger partial charge in [-0.05, 0) is 23.6 Å². The van der Waals surface area contributed by atoms with Crippen LogP contribution in [-0.2, 0) is 6.42 Å². The Morgan fingerprint density at radius 1 is 1.11 bits per heavy atom. The molecule has 0 aliphatic rings. The zero-order valence-corrected chi connectivity index (χ0v) is 12.0. The number of hydrogen-bond donors (Lipinski definition) is 1. The molecule has 2 aromatic rings. The van der Waals surface area contributed by atoms with Crippen LogP contribution in [0.4, 0.5) is 0 Å². The Labute approximate surface area is 117 Å². The highest BCUT2D eigenvalue weighted by Gasteiger charge is 2.12. The molecule has 0 aliphatic heterocycles. The van der Waals surface area contributed by atoms with E-state index in [1.54, 1.807) is 6.07 Å². The lowest BCUT2D eigenvalue weighted by Gasteiger charge is -2.15. The zero-order valence-electron chi connectivity index (χ0n) is 10.4. The highest BCUT2D eigenvalue weighted by molar-refractivity contribution is 9.09. The van der Waals surface area contributed by atoms with Crippen molar-refractivity contribution in [2.45, 2.75) is 19.3 Å². The lowest BCUT2D eigenvalue weighted by atomic mass is 9.91. The van der Waals surface area contributed by atoms with E-state index in [4.69, 9.17) is 0 Å². The van der Waals surface area contributed by atoms with E-state index < -0.39 is 0 Å². The normalized spacial score (nSPS) is 12.3. The molecule has 1 unspecified atom stereocenters. The first-order chi connectivity index (χ1) is 8.72. The van der Waals surface area contributed by atoms with Gasteiger partial charge in [0, 0.05) is 16.8 Å². The van der Waals surface area contributed by atoms with Gasteiger partial charge in [0.05, 0.1) is 0 Å². The van der Waals surface area contributed by atoms with Crippen LogP contribution in [0.25, 0.3) is 0 Å². The topological polar surface area (TPSA) is 20.2 Å². The van der Waals surface area contributed by atoms with Crippen LogP contribution in [0.1, 0.15) is 29.5 Å². The number of hydrogen-bond acceptors (Lipinski definition) is 1. The average Bonchev–Trinajstić information content (AvgIpc) is 2.41. The summed E-state index contributed by atoms with van der Waals surface area (Å²) in [6, 6.07) is 16.2. The third kappa shape index (κ3) is 2.94. The summed E-state index contributed by atoms with van der Waals surface area (Å²) in [4.78, 5) is 0. The summed E-state index contributed by atoms with van der Waals surface area (Å²) in [5.41, 5.74) is 3.48. The van der Waals surface area contributed by atoms with Gasteiger partial charge in [-0.1, -0.05) is 65.3 Å². The summed E-state index contributed by atoms with van der Waals surface area (Å²) >= 11 is 3.45. The summed E-state index contributed by atoms with van der Waals surface area (Å²) in [7, 11) is 0. The molecule has 2 aromatic carbocycles. The molecule has 1 nitrogen and oxygen atoms in total. The van der Waals surface area contributed by atoms with Gasteiger partial charge >= 0.3 is 0 Å². The van der Waals surface area contributed by atoms with Gasteiger partial charge in [0.2, 0.25) is 0 Å². The van der Waals surface area contributed by atoms with Crippen molar-refractivity contribution in [2.24, 2.45) is 0 Å². The Balaban J connectivity index is 2.35. The van der Waals surface area contributed by atoms with Crippen LogP contribution in [0.2, 0.25) is 0 Å². The van der Waals surface area contributed by atoms with E-state index in [0.717, 1.165) is 17.3 Å². The third-order valence-corrected chi connectivity index (χ3v) is 3.64. The molecular weight excluding hydrogens is 288 g/mol. The van der Waals surface area contributed by atoms with Crippen LogP contribution in [0.15, 0.2) is 48.5 Å². The van der Waals surface area contributed by atoms with E-state index in [1.807, 2.05) is 24.3 Å². The fraction of sp³-hybridized carbons (Fsp3) is 0.250. The van der Waals surface area contributed by atoms with E-state index in [9.17, 15) is 5.11 Å². The Morgan fingerprint density at radius 3 is 2.50 bits per heavy atom. The van der Waals surface area contributed by atoms with E-state index in [-0.39, 0.29) is 5.92 Å². The molecular formula is C16H17BrO. The molecule has 94 valence electrons. The maximum atomic E-state index is 10.0. The molecule has 0 radical (unpaired) electrons. The molecule has 2 heteroatoms. The summed E-state index contributed by atoms with van der Waals surface area (Å²) in [5.74, 6) is 0.589. The predicted octanol–water partition coefficient (Wildman–Crippen LogP) is 4.48. The molecule has 0 aliphatic carbocycles. The summed E-state index contributed by atoms with van der Waals surface area (Å²) in [6.45, 7) is 2.13. The Morgan fingerprint density at radius 2 is 1.83 bits per heavy atom. The van der Waals surface area contributed by atoms with E-state index in [0.29, 0.717) is 5.75 Å². The van der Waals surface area contributed by atoms with Crippen LogP contribution < -0.4 is 0 Å². The average molecular weight is 305 g/mol. The van der Waals surface area contributed by atoms with Crippen molar-refractivity contribution in [2.75, 3.05) is 5.33 Å². The van der Waals surface area contributed by atoms with Gasteiger partial charge in [-0.2, -0.15) is 0 Å². The van der Waals surface area contributed by atoms with Crippen LogP contribution in [0, 0.1) is 0 Å². The Bertz CT molecular complexity index is 508. The molecule has 0 heterocycles. The van der Waals surface area contributed by atoms with Crippen molar-refractivity contribution in [1.82, 2.24) is 0 Å². The summed E-state index contributed by atoms with van der Waals surface area (Å²) in [5, 5.41) is 11.0. The maximum Gasteiger partial charge on any atom is 0.119 e. The van der Waals surface area contributed by atoms with Gasteiger partial charge in [0.15, 0.2) is 0 Å². The minimum absolute atomic E-state index is 0.210. The first-order valence-corrected chi connectivity index (χ1v) is 7.27. The summed E-state index contributed by atoms with van der Waals surface area (Å²) < 4.78 is 0. The quantitative estimate of drug-likeness (QED) is 0.826. The number of alkyl halides is 1. The molecule has 0 aromatic heterocycles. The second kappa shape index (κ2) is 6.05. The van der Waals surface area contributed by atoms with Crippen LogP contribution in [0.5, 0.6) is 5.75 Å². The standard InChI is InChI=1S/C16H17BrO/c1-12(14-5-3-2-4-6-14)15-11-13(9-10-17)7-8-16(15)18/h2-8,11-12,18H,9-10H2,1H3. The van der Waals surface area contributed by atoms with E-state index in [2.05, 4.69) is 41.1 Å². The number of benzene rings is 2. The Kier molecular flexibility index (Phi) is 4.43. The van der Waals surface area contributed by atoms with Gasteiger partial charge in [-0.3, -0.25) is 0 Å². The maximum absolute atomic E-state index is 10.0. The molecule has 0 fully saturated rings. The molecule has 1 atom stereocenters. The fourth-order valence-corrected chi connectivity index (χ4v) is 2.59. The smallest absolute Gasteiger partial charge is 0.119 e. The minimum atomic E-state index is 0.210. The number of phenolic OH excluding ortho intramolecular Hbond substituents is 1. The predicted molar refractivity (Wildman–Crippen MR) is 79.6 cm³/mol. The minimum Gasteiger partial charge on any atom is -0.508 e. The second-order valence-corrected chi connectivity index (χ2v) is 5.26. The summed E-state index contributed by atoms with van der Waals surface area (Å²) in [6.07, 6.45) is 0.981. The highest BCUT2D eigenvalue weighted by atomic mass is 79.9. The molecule has 0 bridgehead atoms. The molecule has 0 saturated carbocycles. The number of phenols is 1. The second-order valence-electron chi connectivity index (χ2n) is 4.46. The first kappa shape index (κ1) is 13.2. The SMILES string of the molecule is CC(c1ccccc1)c1cc(CCBr)ccc1O. The van der Waals surface area contributed by atoms with E-state index in [1.165, 1.54) is 11.1 Å². The zero-order chi connectivity index (χ0) is 13.0. The van der Waals surface area contributed by atoms with Crippen molar-refractivity contribution in [3.8, 4) is 5.75 Å². The van der Waals surface area contributed by atoms with Crippen LogP contribution >= 0.6 is 15.9 Å². The van der Waals surface area contributed by atoms with Crippen LogP contribution in [-0.4, -0.2) is 10.4 Å². The number of aromatic hydroxyl groups is 1. The molecule has 1 N–H and O–H groups in total. The highest BCUT2D eigenvalue weighted by Crippen LogP contribution is 2.31. The lowest BCUT2D eigenvalue weighted by Crippen LogP contribution is -1.98. The largest absolute Gasteiger partial charge is 0.508 e. The van der Waals surface area contributed by atoms with Crippen molar-refractivity contribution in [3.63, 3.8) is 0 Å². The van der Waals surface area contributed by atoms with Gasteiger partial charge in [0.25, 0.3) is 0 Å². The van der Waals surface area contributed by atoms with Crippen LogP contribution in [0.3, 0.4) is 0 Å². The van der Waals surface area contributed by atoms with Crippen molar-refractivity contribution < 1.29 is 5.11 Å². The molecule has 0 saturated heterocycles. The first-order valence-electron chi connectivity index (χ1n) is 6.15. The van der Waals surface area contributed by atoms with Gasteiger partial charge in [-0.25, -0.2) is 0 Å². The molecule has 2 rings (SSSR count). The van der Waals surface area contributed by atoms with Gasteiger partial charge in [-0.15, -0.1) is 0 Å². The van der Waals surface area contributed by atoms with Crippen molar-refractivity contribution in [3.05, 3.63) is 65.2 Å². The van der Waals surface area contributed by atoms with E-state index >= 15 is 0 Å². The third-order valence-electron chi connectivity index (χ3n) is 3.24. The lowest BCUT2D eigenvalue weighted by molar-refractivity contribution is 0.466. The van der Waals surface area contributed by atoms with Crippen molar-refractivity contribution in [1.29, 1.82) is 0 Å². The van der Waals surface area contributed by atoms with Crippen molar-refractivity contribution >= 4 is 15.9 Å². The fourth-order valence-electron chi connectivity index (χ4n) is 2.14. The number of rotatable bonds is 4. The number of halogens is 1. The van der Waals surface area contributed by atoms with Gasteiger partial charge in [0.1, 0.15) is 5.75 Å². The molecule has 18 heavy (non-hydrogen) atoms. The molecule has 0 spiro atoms. The molecule has 0 amide bonds. The monoisotopic (exact) mass is 304 g/mol. The van der Waals surface area contributed by atoms with Gasteiger partial charge < -0.3 is 5.11 Å². The Hall–Kier alpha value is -1.28.